The predicted octanol–water partition coefficient (Wildman–Crippen LogP) is 1.88. The van der Waals surface area contributed by atoms with E-state index in [1.54, 1.807) is 6.07 Å². The number of nitrogens with one attached hydrogen (secondary N) is 1. The van der Waals surface area contributed by atoms with E-state index in [1.165, 1.54) is 6.07 Å². The van der Waals surface area contributed by atoms with Crippen LogP contribution in [0.5, 0.6) is 0 Å². The quantitative estimate of drug-likeness (QED) is 0.816. The van der Waals surface area contributed by atoms with Gasteiger partial charge in [0.2, 0.25) is 5.91 Å². The highest BCUT2D eigenvalue weighted by molar-refractivity contribution is 6.34. The fourth-order valence-electron chi connectivity index (χ4n) is 1.82. The molecule has 0 radical (unpaired) electrons. The second kappa shape index (κ2) is 4.78. The highest BCUT2D eigenvalue weighted by atomic mass is 35.5. The van der Waals surface area contributed by atoms with Crippen LogP contribution in [0.4, 0.5) is 5.69 Å². The molecular formula is C12H10ClNO4. The number of hydrogen-bond acceptors (Lipinski definition) is 3. The number of halogens is 1. The highest BCUT2D eigenvalue weighted by Gasteiger charge is 2.22. The van der Waals surface area contributed by atoms with E-state index in [1.807, 2.05) is 0 Å². The number of carboxylic acid groups (broad SMARTS) is 1. The zero-order valence-electron chi connectivity index (χ0n) is 9.33. The Labute approximate surface area is 108 Å². The standard InChI is InChI=1S/C12H10ClNO4/c13-8-5-9-6(4-11(16)14-9)3-7(8)10(15)1-2-12(17)18/h3,5H,1-2,4H2,(H,14,16)(H,17,18). The Morgan fingerprint density at radius 1 is 1.33 bits per heavy atom. The normalized spacial score (nSPS) is 13.1. The molecule has 0 fully saturated rings. The first-order valence-corrected chi connectivity index (χ1v) is 5.72. The van der Waals surface area contributed by atoms with Crippen LogP contribution in [-0.2, 0) is 16.0 Å². The lowest BCUT2D eigenvalue weighted by Crippen LogP contribution is -2.05. The van der Waals surface area contributed by atoms with E-state index in [4.69, 9.17) is 16.7 Å². The molecule has 0 unspecified atom stereocenters. The van der Waals surface area contributed by atoms with Crippen LogP contribution in [0.1, 0.15) is 28.8 Å². The number of anilines is 1. The first-order chi connectivity index (χ1) is 8.47. The molecule has 1 aromatic rings. The van der Waals surface area contributed by atoms with Gasteiger partial charge in [-0.1, -0.05) is 11.6 Å². The molecule has 1 aromatic carbocycles. The summed E-state index contributed by atoms with van der Waals surface area (Å²) in [5.41, 5.74) is 1.59. The van der Waals surface area contributed by atoms with E-state index >= 15 is 0 Å². The Hall–Kier alpha value is -1.88. The number of amides is 1. The Bertz CT molecular complexity index is 553. The molecule has 2 N–H and O–H groups in total. The van der Waals surface area contributed by atoms with Crippen molar-refractivity contribution < 1.29 is 19.5 Å². The van der Waals surface area contributed by atoms with Crippen LogP contribution in [0.25, 0.3) is 0 Å². The summed E-state index contributed by atoms with van der Waals surface area (Å²) in [7, 11) is 0. The van der Waals surface area contributed by atoms with Crippen molar-refractivity contribution in [2.75, 3.05) is 5.32 Å². The number of benzene rings is 1. The van der Waals surface area contributed by atoms with E-state index in [0.717, 1.165) is 0 Å². The lowest BCUT2D eigenvalue weighted by atomic mass is 10.0. The highest BCUT2D eigenvalue weighted by Crippen LogP contribution is 2.30. The van der Waals surface area contributed by atoms with Gasteiger partial charge in [-0.3, -0.25) is 14.4 Å². The molecule has 0 saturated carbocycles. The second-order valence-electron chi connectivity index (χ2n) is 4.03. The third-order valence-corrected chi connectivity index (χ3v) is 3.00. The molecule has 6 heteroatoms. The number of Topliss-reactive ketones (excluding diaryl/α,β-unsaturated/α-hetero) is 1. The van der Waals surface area contributed by atoms with E-state index in [0.29, 0.717) is 11.3 Å². The van der Waals surface area contributed by atoms with E-state index in [9.17, 15) is 14.4 Å². The van der Waals surface area contributed by atoms with Crippen molar-refractivity contribution in [3.63, 3.8) is 0 Å². The molecule has 0 aromatic heterocycles. The van der Waals surface area contributed by atoms with Crippen LogP contribution in [0.15, 0.2) is 12.1 Å². The van der Waals surface area contributed by atoms with Gasteiger partial charge in [-0.2, -0.15) is 0 Å². The van der Waals surface area contributed by atoms with Crippen LogP contribution in [0.2, 0.25) is 5.02 Å². The number of carboxylic acids is 1. The molecule has 94 valence electrons. The van der Waals surface area contributed by atoms with Gasteiger partial charge in [0.1, 0.15) is 0 Å². The molecule has 18 heavy (non-hydrogen) atoms. The molecule has 1 aliphatic rings. The largest absolute Gasteiger partial charge is 0.481 e. The van der Waals surface area contributed by atoms with Crippen molar-refractivity contribution in [2.45, 2.75) is 19.3 Å². The molecule has 1 amide bonds. The van der Waals surface area contributed by atoms with Gasteiger partial charge < -0.3 is 10.4 Å². The molecule has 1 aliphatic heterocycles. The van der Waals surface area contributed by atoms with Crippen molar-refractivity contribution in [1.29, 1.82) is 0 Å². The topological polar surface area (TPSA) is 83.5 Å². The Kier molecular flexibility index (Phi) is 3.34. The van der Waals surface area contributed by atoms with Gasteiger partial charge in [0.15, 0.2) is 5.78 Å². The number of ketones is 1. The molecule has 0 spiro atoms. The van der Waals surface area contributed by atoms with E-state index in [2.05, 4.69) is 5.32 Å². The average Bonchev–Trinajstić information content (AvgIpc) is 2.64. The van der Waals surface area contributed by atoms with Gasteiger partial charge in [-0.05, 0) is 17.7 Å². The predicted molar refractivity (Wildman–Crippen MR) is 65.0 cm³/mol. The maximum Gasteiger partial charge on any atom is 0.303 e. The SMILES string of the molecule is O=C(O)CCC(=O)c1cc2c(cc1Cl)NC(=O)C2. The van der Waals surface area contributed by atoms with Gasteiger partial charge >= 0.3 is 5.97 Å². The lowest BCUT2D eigenvalue weighted by molar-refractivity contribution is -0.137. The molecule has 0 aliphatic carbocycles. The first-order valence-electron chi connectivity index (χ1n) is 5.34. The number of aliphatic carboxylic acids is 1. The average molecular weight is 268 g/mol. The molecule has 0 saturated heterocycles. The number of carbonyl (C=O) groups is 3. The summed E-state index contributed by atoms with van der Waals surface area (Å²) in [5.74, 6) is -1.50. The van der Waals surface area contributed by atoms with Crippen LogP contribution in [0, 0.1) is 0 Å². The summed E-state index contributed by atoms with van der Waals surface area (Å²) in [4.78, 5) is 33.4. The van der Waals surface area contributed by atoms with Crippen LogP contribution >= 0.6 is 11.6 Å². The van der Waals surface area contributed by atoms with Gasteiger partial charge in [0.05, 0.1) is 17.9 Å². The number of carbonyl (C=O) groups excluding carboxylic acids is 2. The summed E-state index contributed by atoms with van der Waals surface area (Å²) in [6.45, 7) is 0. The lowest BCUT2D eigenvalue weighted by Gasteiger charge is -2.06. The summed E-state index contributed by atoms with van der Waals surface area (Å²) >= 11 is 5.95. The number of fused-ring (bicyclic) bond motifs is 1. The fraction of sp³-hybridized carbons (Fsp3) is 0.250. The summed E-state index contributed by atoms with van der Waals surface area (Å²) in [6.07, 6.45) is -0.121. The minimum Gasteiger partial charge on any atom is -0.481 e. The van der Waals surface area contributed by atoms with Crippen LogP contribution < -0.4 is 5.32 Å². The Morgan fingerprint density at radius 2 is 2.06 bits per heavy atom. The third-order valence-electron chi connectivity index (χ3n) is 2.68. The zero-order chi connectivity index (χ0) is 13.3. The van der Waals surface area contributed by atoms with Crippen molar-refractivity contribution in [3.05, 3.63) is 28.3 Å². The van der Waals surface area contributed by atoms with E-state index in [-0.39, 0.29) is 41.5 Å². The first kappa shape index (κ1) is 12.6. The Morgan fingerprint density at radius 3 is 2.72 bits per heavy atom. The second-order valence-corrected chi connectivity index (χ2v) is 4.44. The fourth-order valence-corrected chi connectivity index (χ4v) is 2.09. The van der Waals surface area contributed by atoms with Gasteiger partial charge in [0.25, 0.3) is 0 Å². The molecule has 0 bridgehead atoms. The minimum absolute atomic E-state index is 0.102. The molecule has 2 rings (SSSR count). The molecule has 1 heterocycles. The Balaban J connectivity index is 2.24. The van der Waals surface area contributed by atoms with Crippen molar-refractivity contribution in [1.82, 2.24) is 0 Å². The monoisotopic (exact) mass is 267 g/mol. The summed E-state index contributed by atoms with van der Waals surface area (Å²) in [6, 6.07) is 3.08. The van der Waals surface area contributed by atoms with Gasteiger partial charge in [-0.25, -0.2) is 0 Å². The van der Waals surface area contributed by atoms with Gasteiger partial charge in [0, 0.05) is 17.7 Å². The maximum absolute atomic E-state index is 11.8. The third kappa shape index (κ3) is 2.51. The zero-order valence-corrected chi connectivity index (χ0v) is 10.1. The van der Waals surface area contributed by atoms with Crippen molar-refractivity contribution >= 4 is 34.9 Å². The van der Waals surface area contributed by atoms with Crippen molar-refractivity contribution in [2.24, 2.45) is 0 Å². The van der Waals surface area contributed by atoms with Gasteiger partial charge in [-0.15, -0.1) is 0 Å². The number of rotatable bonds is 4. The molecule has 0 atom stereocenters. The minimum atomic E-state index is -1.03. The summed E-state index contributed by atoms with van der Waals surface area (Å²) in [5, 5.41) is 11.4. The van der Waals surface area contributed by atoms with Crippen LogP contribution in [0.3, 0.4) is 0 Å². The molecular weight excluding hydrogens is 258 g/mol. The van der Waals surface area contributed by atoms with E-state index < -0.39 is 5.97 Å². The molecule has 5 nitrogen and oxygen atoms in total. The smallest absolute Gasteiger partial charge is 0.303 e. The van der Waals surface area contributed by atoms with Crippen molar-refractivity contribution in [3.8, 4) is 0 Å². The number of hydrogen-bond donors (Lipinski definition) is 2. The maximum atomic E-state index is 11.8. The summed E-state index contributed by atoms with van der Waals surface area (Å²) < 4.78 is 0. The van der Waals surface area contributed by atoms with Crippen LogP contribution in [-0.4, -0.2) is 22.8 Å².